The first-order valence-corrected chi connectivity index (χ1v) is 13.3. The summed E-state index contributed by atoms with van der Waals surface area (Å²) < 4.78 is 78.8. The summed E-state index contributed by atoms with van der Waals surface area (Å²) >= 11 is 0. The van der Waals surface area contributed by atoms with E-state index in [9.17, 15) is 35.9 Å². The van der Waals surface area contributed by atoms with Crippen molar-refractivity contribution in [3.05, 3.63) is 35.4 Å². The van der Waals surface area contributed by atoms with Crippen molar-refractivity contribution in [2.24, 2.45) is 17.1 Å². The van der Waals surface area contributed by atoms with E-state index >= 15 is 0 Å². The standard InChI is InChI=1S/C27H38F6N4O2/c1-25(2,3)22-17-36(14-15-37(22)23(38)16-18-9-12-35(13-10-18)24(34)39)21(8-11-26(28,29)30)19-4-6-20(7-5-19)27(31,32)33/h4-7,18,21-22H,8-17H2,1-3H3,(H2,34,39)/t21?,22-/m1/s1. The average molecular weight is 565 g/mol. The van der Waals surface area contributed by atoms with Gasteiger partial charge in [-0.05, 0) is 48.3 Å². The molecular formula is C27H38F6N4O2. The summed E-state index contributed by atoms with van der Waals surface area (Å²) in [5, 5.41) is 0. The first kappa shape index (κ1) is 31.0. The predicted molar refractivity (Wildman–Crippen MR) is 135 cm³/mol. The molecule has 2 saturated heterocycles. The fraction of sp³-hybridized carbons (Fsp3) is 0.704. The highest BCUT2D eigenvalue weighted by Crippen LogP contribution is 2.38. The van der Waals surface area contributed by atoms with Crippen LogP contribution < -0.4 is 5.73 Å². The molecule has 2 atom stereocenters. The maximum Gasteiger partial charge on any atom is 0.416 e. The molecule has 0 aliphatic carbocycles. The summed E-state index contributed by atoms with van der Waals surface area (Å²) in [4.78, 5) is 30.1. The minimum absolute atomic E-state index is 0.0338. The number of hydrogen-bond acceptors (Lipinski definition) is 3. The van der Waals surface area contributed by atoms with Gasteiger partial charge in [-0.3, -0.25) is 9.69 Å². The van der Waals surface area contributed by atoms with Crippen molar-refractivity contribution in [2.75, 3.05) is 32.7 Å². The predicted octanol–water partition coefficient (Wildman–Crippen LogP) is 5.83. The van der Waals surface area contributed by atoms with E-state index in [1.807, 2.05) is 30.6 Å². The van der Waals surface area contributed by atoms with Gasteiger partial charge in [0.05, 0.1) is 5.56 Å². The highest BCUT2D eigenvalue weighted by atomic mass is 19.4. The Hall–Kier alpha value is -2.50. The lowest BCUT2D eigenvalue weighted by molar-refractivity contribution is -0.144. The highest BCUT2D eigenvalue weighted by molar-refractivity contribution is 5.77. The Morgan fingerprint density at radius 1 is 0.949 bits per heavy atom. The Labute approximate surface area is 225 Å². The molecule has 12 heteroatoms. The molecule has 0 radical (unpaired) electrons. The van der Waals surface area contributed by atoms with Gasteiger partial charge in [0.1, 0.15) is 0 Å². The van der Waals surface area contributed by atoms with Gasteiger partial charge in [0, 0.05) is 57.6 Å². The SMILES string of the molecule is CC(C)(C)[C@H]1CN(C(CCC(F)(F)F)c2ccc(C(F)(F)F)cc2)CCN1C(=O)CC1CCN(C(N)=O)CC1. The molecule has 1 aromatic rings. The maximum atomic E-state index is 13.4. The Morgan fingerprint density at radius 2 is 1.54 bits per heavy atom. The largest absolute Gasteiger partial charge is 0.416 e. The first-order valence-electron chi connectivity index (χ1n) is 13.3. The van der Waals surface area contributed by atoms with Crippen molar-refractivity contribution in [2.45, 2.75) is 77.3 Å². The number of nitrogens with zero attached hydrogens (tertiary/aromatic N) is 3. The normalized spacial score (nSPS) is 21.2. The molecule has 1 aromatic carbocycles. The van der Waals surface area contributed by atoms with Gasteiger partial charge in [-0.25, -0.2) is 4.79 Å². The van der Waals surface area contributed by atoms with Gasteiger partial charge in [-0.2, -0.15) is 26.3 Å². The molecule has 39 heavy (non-hydrogen) atoms. The number of halogens is 6. The Bertz CT molecular complexity index is 982. The summed E-state index contributed by atoms with van der Waals surface area (Å²) in [6, 6.07) is 2.80. The molecule has 3 amide bonds. The summed E-state index contributed by atoms with van der Waals surface area (Å²) in [6.45, 7) is 7.82. The number of benzene rings is 1. The molecule has 0 spiro atoms. The molecule has 2 fully saturated rings. The van der Waals surface area contributed by atoms with Crippen molar-refractivity contribution in [3.8, 4) is 0 Å². The number of urea groups is 1. The molecule has 2 aliphatic rings. The van der Waals surface area contributed by atoms with E-state index in [1.165, 1.54) is 12.1 Å². The van der Waals surface area contributed by atoms with Gasteiger partial charge in [-0.1, -0.05) is 32.9 Å². The Morgan fingerprint density at radius 3 is 2.03 bits per heavy atom. The van der Waals surface area contributed by atoms with Crippen LogP contribution >= 0.6 is 0 Å². The summed E-state index contributed by atoms with van der Waals surface area (Å²) in [5.74, 6) is 0.0758. The van der Waals surface area contributed by atoms with Crippen LogP contribution in [0.5, 0.6) is 0 Å². The zero-order chi connectivity index (χ0) is 29.2. The fourth-order valence-corrected chi connectivity index (χ4v) is 5.60. The van der Waals surface area contributed by atoms with Crippen molar-refractivity contribution in [1.82, 2.24) is 14.7 Å². The van der Waals surface area contributed by atoms with Crippen molar-refractivity contribution in [3.63, 3.8) is 0 Å². The monoisotopic (exact) mass is 564 g/mol. The topological polar surface area (TPSA) is 69.9 Å². The minimum Gasteiger partial charge on any atom is -0.351 e. The molecule has 0 saturated carbocycles. The quantitative estimate of drug-likeness (QED) is 0.442. The third kappa shape index (κ3) is 8.49. The number of nitrogens with two attached hydrogens (primary N) is 1. The van der Waals surface area contributed by atoms with E-state index in [2.05, 4.69) is 0 Å². The van der Waals surface area contributed by atoms with Gasteiger partial charge in [0.25, 0.3) is 0 Å². The molecule has 0 bridgehead atoms. The molecule has 1 unspecified atom stereocenters. The number of rotatable bonds is 6. The van der Waals surface area contributed by atoms with E-state index in [-0.39, 0.29) is 24.3 Å². The second-order valence-electron chi connectivity index (χ2n) is 11.7. The number of primary amides is 1. The third-order valence-corrected chi connectivity index (χ3v) is 7.89. The molecule has 3 rings (SSSR count). The van der Waals surface area contributed by atoms with Crippen LogP contribution in [-0.4, -0.2) is 71.6 Å². The number of alkyl halides is 6. The zero-order valence-corrected chi connectivity index (χ0v) is 22.6. The van der Waals surface area contributed by atoms with Crippen LogP contribution in [0, 0.1) is 11.3 Å². The summed E-state index contributed by atoms with van der Waals surface area (Å²) in [5.41, 5.74) is 4.49. The molecule has 0 aromatic heterocycles. The molecule has 2 aliphatic heterocycles. The van der Waals surface area contributed by atoms with Crippen LogP contribution in [0.15, 0.2) is 24.3 Å². The van der Waals surface area contributed by atoms with E-state index in [4.69, 9.17) is 5.73 Å². The van der Waals surface area contributed by atoms with Crippen LogP contribution in [-0.2, 0) is 11.0 Å². The van der Waals surface area contributed by atoms with Gasteiger partial charge in [0.2, 0.25) is 5.91 Å². The van der Waals surface area contributed by atoms with E-state index in [1.54, 1.807) is 4.90 Å². The second-order valence-corrected chi connectivity index (χ2v) is 11.7. The fourth-order valence-electron chi connectivity index (χ4n) is 5.60. The number of amides is 3. The average Bonchev–Trinajstić information content (AvgIpc) is 2.83. The smallest absolute Gasteiger partial charge is 0.351 e. The first-order chi connectivity index (χ1) is 18.0. The number of hydrogen-bond donors (Lipinski definition) is 1. The lowest BCUT2D eigenvalue weighted by atomic mass is 9.82. The number of likely N-dealkylation sites (tertiary alicyclic amines) is 1. The molecule has 6 nitrogen and oxygen atoms in total. The maximum absolute atomic E-state index is 13.4. The highest BCUT2D eigenvalue weighted by Gasteiger charge is 2.41. The lowest BCUT2D eigenvalue weighted by Crippen LogP contribution is -2.60. The summed E-state index contributed by atoms with van der Waals surface area (Å²) in [6.07, 6.45) is -8.66. The number of piperazine rings is 1. The van der Waals surface area contributed by atoms with E-state index in [0.29, 0.717) is 57.5 Å². The Kier molecular flexibility index (Phi) is 9.50. The van der Waals surface area contributed by atoms with Crippen LogP contribution in [0.1, 0.15) is 70.0 Å². The van der Waals surface area contributed by atoms with E-state index < -0.39 is 41.8 Å². The van der Waals surface area contributed by atoms with Crippen LogP contribution in [0.2, 0.25) is 0 Å². The molecular weight excluding hydrogens is 526 g/mol. The second kappa shape index (κ2) is 11.9. The van der Waals surface area contributed by atoms with Crippen LogP contribution in [0.4, 0.5) is 31.1 Å². The molecule has 2 N–H and O–H groups in total. The van der Waals surface area contributed by atoms with Crippen molar-refractivity contribution < 1.29 is 35.9 Å². The van der Waals surface area contributed by atoms with Gasteiger partial charge >= 0.3 is 18.4 Å². The van der Waals surface area contributed by atoms with Gasteiger partial charge < -0.3 is 15.5 Å². The summed E-state index contributed by atoms with van der Waals surface area (Å²) in [7, 11) is 0. The van der Waals surface area contributed by atoms with E-state index in [0.717, 1.165) is 12.1 Å². The molecule has 220 valence electrons. The van der Waals surface area contributed by atoms with Crippen LogP contribution in [0.25, 0.3) is 0 Å². The minimum atomic E-state index is -4.54. The van der Waals surface area contributed by atoms with Gasteiger partial charge in [-0.15, -0.1) is 0 Å². The number of carbonyl (C=O) groups is 2. The Balaban J connectivity index is 1.77. The molecule has 2 heterocycles. The zero-order valence-electron chi connectivity index (χ0n) is 22.6. The number of piperidine rings is 1. The lowest BCUT2D eigenvalue weighted by Gasteiger charge is -2.50. The van der Waals surface area contributed by atoms with Crippen molar-refractivity contribution in [1.29, 1.82) is 0 Å². The third-order valence-electron chi connectivity index (χ3n) is 7.89. The van der Waals surface area contributed by atoms with Crippen LogP contribution in [0.3, 0.4) is 0 Å². The number of carbonyl (C=O) groups excluding carboxylic acids is 2. The van der Waals surface area contributed by atoms with Crippen molar-refractivity contribution >= 4 is 11.9 Å². The van der Waals surface area contributed by atoms with Gasteiger partial charge in [0.15, 0.2) is 0 Å².